The van der Waals surface area contributed by atoms with Crippen molar-refractivity contribution in [3.63, 3.8) is 0 Å². The number of carbonyl (C=O) groups is 1. The Kier molecular flexibility index (Phi) is 5.50. The predicted molar refractivity (Wildman–Crippen MR) is 129 cm³/mol. The molecule has 0 bridgehead atoms. The Hall–Kier alpha value is -4.92. The van der Waals surface area contributed by atoms with Crippen LogP contribution in [0.3, 0.4) is 0 Å². The van der Waals surface area contributed by atoms with Gasteiger partial charge in [-0.05, 0) is 73.2 Å². The van der Waals surface area contributed by atoms with Gasteiger partial charge in [-0.3, -0.25) is 14.9 Å². The van der Waals surface area contributed by atoms with E-state index in [2.05, 4.69) is 10.3 Å². The highest BCUT2D eigenvalue weighted by Crippen LogP contribution is 2.32. The molecule has 1 N–H and O–H groups in total. The summed E-state index contributed by atoms with van der Waals surface area (Å²) in [4.78, 5) is 28.2. The number of hydrogen-bond donors (Lipinski definition) is 1. The first-order chi connectivity index (χ1) is 16.9. The van der Waals surface area contributed by atoms with Crippen molar-refractivity contribution < 1.29 is 23.3 Å². The highest BCUT2D eigenvalue weighted by molar-refractivity contribution is 6.03. The van der Waals surface area contributed by atoms with Crippen molar-refractivity contribution >= 4 is 28.4 Å². The van der Waals surface area contributed by atoms with Crippen LogP contribution in [0.1, 0.15) is 16.1 Å². The number of oxazole rings is 1. The van der Waals surface area contributed by atoms with Gasteiger partial charge in [0.25, 0.3) is 11.6 Å². The number of hydrogen-bond acceptors (Lipinski definition) is 7. The number of nitrogens with zero attached hydrogens (tertiary/aromatic N) is 2. The zero-order valence-corrected chi connectivity index (χ0v) is 18.8. The smallest absolute Gasteiger partial charge is 0.291 e. The van der Waals surface area contributed by atoms with Gasteiger partial charge in [0.15, 0.2) is 11.3 Å². The first-order valence-corrected chi connectivity index (χ1v) is 10.6. The lowest BCUT2D eigenvalue weighted by Crippen LogP contribution is -2.10. The molecule has 0 radical (unpaired) electrons. The van der Waals surface area contributed by atoms with E-state index >= 15 is 0 Å². The van der Waals surface area contributed by atoms with Gasteiger partial charge in [-0.25, -0.2) is 4.98 Å². The third kappa shape index (κ3) is 4.34. The summed E-state index contributed by atoms with van der Waals surface area (Å²) in [6.07, 6.45) is 0. The standard InChI is InChI=1S/C26H19N3O6/c1-15-3-9-19(21(13-15)29(31)32)22-11-12-24(34-22)25(30)27-17-6-10-23-20(14-17)28-26(35-23)16-4-7-18(33-2)8-5-16/h3-14H,1-2H3,(H,27,30). The zero-order valence-electron chi connectivity index (χ0n) is 18.8. The summed E-state index contributed by atoms with van der Waals surface area (Å²) in [5.41, 5.74) is 3.40. The number of nitrogens with one attached hydrogen (secondary N) is 1. The summed E-state index contributed by atoms with van der Waals surface area (Å²) < 4.78 is 16.6. The van der Waals surface area contributed by atoms with E-state index in [0.717, 1.165) is 16.9 Å². The molecule has 2 aromatic heterocycles. The van der Waals surface area contributed by atoms with Crippen LogP contribution in [0.4, 0.5) is 11.4 Å². The number of fused-ring (bicyclic) bond motifs is 1. The molecular weight excluding hydrogens is 450 g/mol. The monoisotopic (exact) mass is 469 g/mol. The summed E-state index contributed by atoms with van der Waals surface area (Å²) >= 11 is 0. The number of aryl methyl sites for hydroxylation is 1. The fourth-order valence-corrected chi connectivity index (χ4v) is 3.66. The number of amides is 1. The maximum absolute atomic E-state index is 12.8. The van der Waals surface area contributed by atoms with E-state index in [1.165, 1.54) is 18.2 Å². The van der Waals surface area contributed by atoms with Crippen LogP contribution in [-0.4, -0.2) is 22.9 Å². The number of nitro benzene ring substituents is 1. The highest BCUT2D eigenvalue weighted by Gasteiger charge is 2.20. The molecule has 2 heterocycles. The minimum Gasteiger partial charge on any atom is -0.497 e. The molecule has 174 valence electrons. The minimum absolute atomic E-state index is 0.0223. The average molecular weight is 469 g/mol. The molecule has 0 unspecified atom stereocenters. The van der Waals surface area contributed by atoms with Crippen molar-refractivity contribution in [2.24, 2.45) is 0 Å². The van der Waals surface area contributed by atoms with Crippen LogP contribution >= 0.6 is 0 Å². The first kappa shape index (κ1) is 21.9. The summed E-state index contributed by atoms with van der Waals surface area (Å²) in [7, 11) is 1.60. The van der Waals surface area contributed by atoms with Crippen molar-refractivity contribution in [2.75, 3.05) is 12.4 Å². The summed E-state index contributed by atoms with van der Waals surface area (Å²) in [6, 6.07) is 20.3. The fourth-order valence-electron chi connectivity index (χ4n) is 3.66. The Morgan fingerprint density at radius 1 is 1.00 bits per heavy atom. The molecule has 9 nitrogen and oxygen atoms in total. The van der Waals surface area contributed by atoms with E-state index in [1.54, 1.807) is 44.4 Å². The van der Waals surface area contributed by atoms with Crippen molar-refractivity contribution in [3.8, 4) is 28.5 Å². The maximum atomic E-state index is 12.8. The van der Waals surface area contributed by atoms with E-state index in [9.17, 15) is 14.9 Å². The van der Waals surface area contributed by atoms with Crippen LogP contribution in [0.25, 0.3) is 33.9 Å². The van der Waals surface area contributed by atoms with E-state index in [-0.39, 0.29) is 17.2 Å². The number of aromatic nitrogens is 1. The largest absolute Gasteiger partial charge is 0.497 e. The molecule has 9 heteroatoms. The van der Waals surface area contributed by atoms with Gasteiger partial charge in [0.2, 0.25) is 5.89 Å². The quantitative estimate of drug-likeness (QED) is 0.231. The number of methoxy groups -OCH3 is 1. The SMILES string of the molecule is COc1ccc(-c2nc3cc(NC(=O)c4ccc(-c5ccc(C)cc5[N+](=O)[O-])o4)ccc3o2)cc1. The summed E-state index contributed by atoms with van der Waals surface area (Å²) in [5, 5.41) is 14.2. The number of nitro groups is 1. The molecule has 0 aliphatic carbocycles. The lowest BCUT2D eigenvalue weighted by molar-refractivity contribution is -0.384. The highest BCUT2D eigenvalue weighted by atomic mass is 16.6. The number of furan rings is 1. The topological polar surface area (TPSA) is 121 Å². The summed E-state index contributed by atoms with van der Waals surface area (Å²) in [5.74, 6) is 0.936. The van der Waals surface area contributed by atoms with Gasteiger partial charge in [-0.15, -0.1) is 0 Å². The number of anilines is 1. The van der Waals surface area contributed by atoms with Crippen molar-refractivity contribution in [1.82, 2.24) is 4.98 Å². The van der Waals surface area contributed by atoms with Gasteiger partial charge in [0.05, 0.1) is 17.6 Å². The lowest BCUT2D eigenvalue weighted by atomic mass is 10.1. The molecule has 5 aromatic rings. The molecule has 0 atom stereocenters. The van der Waals surface area contributed by atoms with E-state index in [4.69, 9.17) is 13.6 Å². The molecule has 0 aliphatic heterocycles. The number of ether oxygens (including phenoxy) is 1. The molecule has 35 heavy (non-hydrogen) atoms. The van der Waals surface area contributed by atoms with Gasteiger partial charge >= 0.3 is 0 Å². The van der Waals surface area contributed by atoms with Gasteiger partial charge < -0.3 is 18.9 Å². The Bertz CT molecular complexity index is 1570. The van der Waals surface area contributed by atoms with E-state index < -0.39 is 10.8 Å². The zero-order chi connectivity index (χ0) is 24.5. The number of carbonyl (C=O) groups excluding carboxylic acids is 1. The number of rotatable bonds is 6. The Labute approximate surface area is 199 Å². The molecule has 0 spiro atoms. The lowest BCUT2D eigenvalue weighted by Gasteiger charge is -2.03. The number of benzene rings is 3. The molecule has 5 rings (SSSR count). The predicted octanol–water partition coefficient (Wildman–Crippen LogP) is 6.23. The molecule has 3 aromatic carbocycles. The molecular formula is C26H19N3O6. The normalized spacial score (nSPS) is 10.9. The molecule has 0 fully saturated rings. The first-order valence-electron chi connectivity index (χ1n) is 10.6. The third-order valence-electron chi connectivity index (χ3n) is 5.43. The van der Waals surface area contributed by atoms with Gasteiger partial charge in [0.1, 0.15) is 17.0 Å². The molecule has 1 amide bonds. The van der Waals surface area contributed by atoms with Crippen molar-refractivity contribution in [2.45, 2.75) is 6.92 Å². The van der Waals surface area contributed by atoms with Crippen LogP contribution < -0.4 is 10.1 Å². The Morgan fingerprint density at radius 3 is 2.54 bits per heavy atom. The van der Waals surface area contributed by atoms with Crippen molar-refractivity contribution in [1.29, 1.82) is 0 Å². The second-order valence-electron chi connectivity index (χ2n) is 7.83. The van der Waals surface area contributed by atoms with Crippen molar-refractivity contribution in [3.05, 3.63) is 94.2 Å². The maximum Gasteiger partial charge on any atom is 0.291 e. The van der Waals surface area contributed by atoms with Gasteiger partial charge in [-0.1, -0.05) is 6.07 Å². The average Bonchev–Trinajstić information content (AvgIpc) is 3.51. The minimum atomic E-state index is -0.496. The Balaban J connectivity index is 1.36. The summed E-state index contributed by atoms with van der Waals surface area (Å²) in [6.45, 7) is 1.77. The second kappa shape index (κ2) is 8.79. The molecule has 0 aliphatic rings. The van der Waals surface area contributed by atoms with E-state index in [0.29, 0.717) is 28.2 Å². The fraction of sp³-hybridized carbons (Fsp3) is 0.0769. The Morgan fingerprint density at radius 2 is 1.80 bits per heavy atom. The van der Waals surface area contributed by atoms with Gasteiger partial charge in [0, 0.05) is 17.3 Å². The van der Waals surface area contributed by atoms with Crippen LogP contribution in [-0.2, 0) is 0 Å². The molecule has 0 saturated carbocycles. The third-order valence-corrected chi connectivity index (χ3v) is 5.43. The van der Waals surface area contributed by atoms with Crippen LogP contribution in [0, 0.1) is 17.0 Å². The molecule has 0 saturated heterocycles. The van der Waals surface area contributed by atoms with Crippen LogP contribution in [0.5, 0.6) is 5.75 Å². The van der Waals surface area contributed by atoms with Gasteiger partial charge in [-0.2, -0.15) is 0 Å². The van der Waals surface area contributed by atoms with Crippen LogP contribution in [0.2, 0.25) is 0 Å². The van der Waals surface area contributed by atoms with E-state index in [1.807, 2.05) is 24.3 Å². The second-order valence-corrected chi connectivity index (χ2v) is 7.83. The van der Waals surface area contributed by atoms with Crippen LogP contribution in [0.15, 0.2) is 81.6 Å².